The standard InChI is InChI=1S/C29H29ClO5/c1-16-19-10-11-20-28-14-4-13-27(2,3)23(28)22(34-15-28)25(33)29(20,24(16)32)26(19)35-21(31)12-7-17-5-8-18(30)9-6-17/h4-9,12,14,19-20,22-23,26H,1,10-11,13,15H2,2-3H3/b12-7+/t19-,20-,22+,23+,26+,28+,29+/m0/s1. The molecule has 0 aromatic heterocycles. The number of carbonyl (C=O) groups is 3. The lowest BCUT2D eigenvalue weighted by Gasteiger charge is -2.59. The van der Waals surface area contributed by atoms with Gasteiger partial charge in [0.2, 0.25) is 0 Å². The van der Waals surface area contributed by atoms with Crippen molar-refractivity contribution in [3.63, 3.8) is 0 Å². The van der Waals surface area contributed by atoms with Gasteiger partial charge in [0.25, 0.3) is 0 Å². The summed E-state index contributed by atoms with van der Waals surface area (Å²) >= 11 is 5.94. The third-order valence-electron chi connectivity index (χ3n) is 9.39. The van der Waals surface area contributed by atoms with E-state index in [9.17, 15) is 14.4 Å². The number of rotatable bonds is 3. The number of esters is 1. The fourth-order valence-electron chi connectivity index (χ4n) is 8.11. The first-order valence-electron chi connectivity index (χ1n) is 12.3. The third-order valence-corrected chi connectivity index (χ3v) is 9.65. The first-order valence-corrected chi connectivity index (χ1v) is 12.7. The van der Waals surface area contributed by atoms with E-state index in [1.807, 2.05) is 0 Å². The third kappa shape index (κ3) is 2.88. The predicted octanol–water partition coefficient (Wildman–Crippen LogP) is 4.99. The molecule has 0 radical (unpaired) electrons. The summed E-state index contributed by atoms with van der Waals surface area (Å²) in [5.74, 6) is -1.65. The van der Waals surface area contributed by atoms with Crippen LogP contribution in [0.1, 0.15) is 38.7 Å². The second-order valence-electron chi connectivity index (χ2n) is 11.5. The average molecular weight is 493 g/mol. The highest BCUT2D eigenvalue weighted by Gasteiger charge is 2.80. The van der Waals surface area contributed by atoms with Crippen LogP contribution in [0.4, 0.5) is 0 Å². The summed E-state index contributed by atoms with van der Waals surface area (Å²) in [6, 6.07) is 7.08. The van der Waals surface area contributed by atoms with Crippen LogP contribution in [0, 0.1) is 34.0 Å². The van der Waals surface area contributed by atoms with E-state index < -0.39 is 29.0 Å². The van der Waals surface area contributed by atoms with Gasteiger partial charge >= 0.3 is 5.97 Å². The van der Waals surface area contributed by atoms with Crippen molar-refractivity contribution in [2.45, 2.75) is 45.3 Å². The Kier molecular flexibility index (Phi) is 4.92. The summed E-state index contributed by atoms with van der Waals surface area (Å²) in [6.45, 7) is 8.86. The Morgan fingerprint density at radius 3 is 2.69 bits per heavy atom. The van der Waals surface area contributed by atoms with Crippen LogP contribution in [0.2, 0.25) is 5.02 Å². The zero-order valence-corrected chi connectivity index (χ0v) is 20.7. The van der Waals surface area contributed by atoms with E-state index in [1.165, 1.54) is 6.08 Å². The minimum atomic E-state index is -1.42. The van der Waals surface area contributed by atoms with Crippen LogP contribution in [0.3, 0.4) is 0 Å². The van der Waals surface area contributed by atoms with E-state index in [0.717, 1.165) is 12.0 Å². The topological polar surface area (TPSA) is 69.7 Å². The second-order valence-corrected chi connectivity index (χ2v) is 11.9. The van der Waals surface area contributed by atoms with Crippen LogP contribution in [0.5, 0.6) is 0 Å². The molecule has 6 heteroatoms. The Morgan fingerprint density at radius 2 is 1.94 bits per heavy atom. The summed E-state index contributed by atoms with van der Waals surface area (Å²) in [5.41, 5.74) is -0.760. The Labute approximate surface area is 210 Å². The monoisotopic (exact) mass is 492 g/mol. The lowest BCUT2D eigenvalue weighted by molar-refractivity contribution is -0.187. The molecule has 4 bridgehead atoms. The summed E-state index contributed by atoms with van der Waals surface area (Å²) in [6.07, 6.45) is 8.09. The molecule has 1 aliphatic heterocycles. The van der Waals surface area contributed by atoms with Gasteiger partial charge in [-0.2, -0.15) is 0 Å². The van der Waals surface area contributed by atoms with Gasteiger partial charge in [-0.3, -0.25) is 9.59 Å². The molecule has 7 atom stereocenters. The number of hydrogen-bond acceptors (Lipinski definition) is 5. The van der Waals surface area contributed by atoms with Gasteiger partial charge in [0, 0.05) is 28.3 Å². The van der Waals surface area contributed by atoms with Crippen molar-refractivity contribution >= 4 is 35.2 Å². The molecule has 0 amide bonds. The molecule has 4 fully saturated rings. The molecular weight excluding hydrogens is 464 g/mol. The SMILES string of the molecule is C=C1C(=O)[C@@]23C(=O)[C@@H]4OC[C@]5(C=CCC(C)(C)[C@@H]45)[C@@H]2CC[C@@H]1[C@H]3OC(=O)/C=C/c1ccc(Cl)cc1. The molecule has 1 saturated heterocycles. The van der Waals surface area contributed by atoms with Crippen molar-refractivity contribution < 1.29 is 23.9 Å². The lowest BCUT2D eigenvalue weighted by atomic mass is 9.41. The highest BCUT2D eigenvalue weighted by molar-refractivity contribution is 6.30. The molecule has 0 N–H and O–H groups in total. The number of allylic oxidation sites excluding steroid dienone is 1. The van der Waals surface area contributed by atoms with E-state index in [2.05, 4.69) is 32.6 Å². The number of hydrogen-bond donors (Lipinski definition) is 0. The highest BCUT2D eigenvalue weighted by Crippen LogP contribution is 2.71. The van der Waals surface area contributed by atoms with Crippen molar-refractivity contribution in [3.8, 4) is 0 Å². The highest BCUT2D eigenvalue weighted by atomic mass is 35.5. The molecule has 35 heavy (non-hydrogen) atoms. The van der Waals surface area contributed by atoms with Crippen LogP contribution >= 0.6 is 11.6 Å². The van der Waals surface area contributed by atoms with Crippen LogP contribution in [-0.4, -0.2) is 36.4 Å². The van der Waals surface area contributed by atoms with Gasteiger partial charge in [-0.05, 0) is 59.9 Å². The summed E-state index contributed by atoms with van der Waals surface area (Å²) in [7, 11) is 0. The van der Waals surface area contributed by atoms with E-state index in [4.69, 9.17) is 21.1 Å². The zero-order chi connectivity index (χ0) is 24.8. The molecule has 0 unspecified atom stereocenters. The Balaban J connectivity index is 1.40. The van der Waals surface area contributed by atoms with Gasteiger partial charge in [0.1, 0.15) is 17.6 Å². The van der Waals surface area contributed by atoms with Crippen molar-refractivity contribution in [1.29, 1.82) is 0 Å². The lowest BCUT2D eigenvalue weighted by Crippen LogP contribution is -2.68. The summed E-state index contributed by atoms with van der Waals surface area (Å²) in [5, 5.41) is 0.607. The molecule has 3 saturated carbocycles. The van der Waals surface area contributed by atoms with Gasteiger partial charge in [-0.25, -0.2) is 4.79 Å². The number of benzene rings is 1. The average Bonchev–Trinajstić information content (AvgIpc) is 3.24. The molecule has 5 nitrogen and oxygen atoms in total. The maximum atomic E-state index is 14.3. The fourth-order valence-corrected chi connectivity index (χ4v) is 8.24. The molecule has 1 heterocycles. The predicted molar refractivity (Wildman–Crippen MR) is 131 cm³/mol. The largest absolute Gasteiger partial charge is 0.457 e. The van der Waals surface area contributed by atoms with E-state index >= 15 is 0 Å². The molecule has 1 aromatic carbocycles. The van der Waals surface area contributed by atoms with E-state index in [-0.39, 0.29) is 34.7 Å². The van der Waals surface area contributed by atoms with Crippen molar-refractivity contribution in [2.75, 3.05) is 6.61 Å². The van der Waals surface area contributed by atoms with Crippen LogP contribution in [0.25, 0.3) is 6.08 Å². The van der Waals surface area contributed by atoms with Crippen LogP contribution in [-0.2, 0) is 23.9 Å². The normalized spacial score (nSPS) is 40.7. The number of ether oxygens (including phenoxy) is 2. The van der Waals surface area contributed by atoms with Gasteiger partial charge in [0.15, 0.2) is 11.6 Å². The van der Waals surface area contributed by atoms with Gasteiger partial charge in [0.05, 0.1) is 6.61 Å². The van der Waals surface area contributed by atoms with Gasteiger partial charge in [-0.15, -0.1) is 0 Å². The molecule has 6 rings (SSSR count). The quantitative estimate of drug-likeness (QED) is 0.257. The van der Waals surface area contributed by atoms with Crippen LogP contribution < -0.4 is 0 Å². The number of halogens is 1. The Hall–Kier alpha value is -2.50. The van der Waals surface area contributed by atoms with Crippen LogP contribution in [0.15, 0.2) is 54.6 Å². The maximum Gasteiger partial charge on any atom is 0.331 e. The minimum absolute atomic E-state index is 0.00231. The zero-order valence-electron chi connectivity index (χ0n) is 20.0. The number of carbonyl (C=O) groups excluding carboxylic acids is 3. The molecule has 5 aliphatic rings. The summed E-state index contributed by atoms with van der Waals surface area (Å²) < 4.78 is 12.2. The first kappa shape index (κ1) is 22.9. The Morgan fingerprint density at radius 1 is 1.20 bits per heavy atom. The molecular formula is C29H29ClO5. The van der Waals surface area contributed by atoms with Crippen molar-refractivity contribution in [2.24, 2.45) is 34.0 Å². The number of ketones is 2. The minimum Gasteiger partial charge on any atom is -0.457 e. The second kappa shape index (κ2) is 7.50. The molecule has 4 aliphatic carbocycles. The molecule has 182 valence electrons. The Bertz CT molecular complexity index is 1210. The van der Waals surface area contributed by atoms with Crippen molar-refractivity contribution in [1.82, 2.24) is 0 Å². The molecule has 1 spiro atoms. The van der Waals surface area contributed by atoms with E-state index in [0.29, 0.717) is 30.0 Å². The number of fused-ring (bicyclic) bond motifs is 1. The number of Topliss-reactive ketones (excluding diaryl/α,β-unsaturated/α-hetero) is 2. The van der Waals surface area contributed by atoms with E-state index in [1.54, 1.807) is 30.3 Å². The maximum absolute atomic E-state index is 14.3. The fraction of sp³-hybridized carbons (Fsp3) is 0.483. The molecule has 1 aromatic rings. The summed E-state index contributed by atoms with van der Waals surface area (Å²) in [4.78, 5) is 41.1. The van der Waals surface area contributed by atoms with Crippen molar-refractivity contribution in [3.05, 3.63) is 65.2 Å². The smallest absolute Gasteiger partial charge is 0.331 e. The van der Waals surface area contributed by atoms with Gasteiger partial charge < -0.3 is 9.47 Å². The van der Waals surface area contributed by atoms with Gasteiger partial charge in [-0.1, -0.05) is 56.3 Å². The first-order chi connectivity index (χ1) is 16.6.